The van der Waals surface area contributed by atoms with Crippen molar-refractivity contribution in [3.8, 4) is 0 Å². The van der Waals surface area contributed by atoms with E-state index < -0.39 is 5.97 Å². The standard InChI is InChI=1S/C13H19N3O4/c17-12(18)9-20-8-6-14-13(19)11-5-7-16(15-11)10-3-1-2-4-10/h5,7,10H,1-4,6,8-9H2,(H,14,19)(H,17,18). The van der Waals surface area contributed by atoms with Crippen molar-refractivity contribution in [2.45, 2.75) is 31.7 Å². The van der Waals surface area contributed by atoms with Crippen LogP contribution in [0.5, 0.6) is 0 Å². The number of ether oxygens (including phenoxy) is 1. The smallest absolute Gasteiger partial charge is 0.329 e. The Balaban J connectivity index is 1.73. The highest BCUT2D eigenvalue weighted by Gasteiger charge is 2.18. The molecule has 20 heavy (non-hydrogen) atoms. The third kappa shape index (κ3) is 4.06. The van der Waals surface area contributed by atoms with Crippen LogP contribution in [0.2, 0.25) is 0 Å². The van der Waals surface area contributed by atoms with E-state index in [2.05, 4.69) is 10.4 Å². The fraction of sp³-hybridized carbons (Fsp3) is 0.615. The van der Waals surface area contributed by atoms with Gasteiger partial charge in [0.25, 0.3) is 5.91 Å². The van der Waals surface area contributed by atoms with Gasteiger partial charge in [0.15, 0.2) is 0 Å². The quantitative estimate of drug-likeness (QED) is 0.722. The zero-order valence-electron chi connectivity index (χ0n) is 11.2. The lowest BCUT2D eigenvalue weighted by Gasteiger charge is -2.08. The molecule has 1 fully saturated rings. The highest BCUT2D eigenvalue weighted by molar-refractivity contribution is 5.92. The molecular weight excluding hydrogens is 262 g/mol. The van der Waals surface area contributed by atoms with Crippen molar-refractivity contribution in [3.05, 3.63) is 18.0 Å². The van der Waals surface area contributed by atoms with Gasteiger partial charge in [-0.1, -0.05) is 12.8 Å². The second-order valence-corrected chi connectivity index (χ2v) is 4.82. The average molecular weight is 281 g/mol. The number of aromatic nitrogens is 2. The predicted octanol–water partition coefficient (Wildman–Crippen LogP) is 0.829. The zero-order chi connectivity index (χ0) is 14.4. The summed E-state index contributed by atoms with van der Waals surface area (Å²) in [4.78, 5) is 22.0. The molecule has 0 atom stereocenters. The Morgan fingerprint density at radius 3 is 2.90 bits per heavy atom. The lowest BCUT2D eigenvalue weighted by Crippen LogP contribution is -2.28. The van der Waals surface area contributed by atoms with Gasteiger partial charge in [-0.25, -0.2) is 4.79 Å². The molecule has 0 saturated heterocycles. The number of nitrogens with one attached hydrogen (secondary N) is 1. The van der Waals surface area contributed by atoms with E-state index in [1.54, 1.807) is 6.07 Å². The van der Waals surface area contributed by atoms with Crippen LogP contribution in [-0.4, -0.2) is 46.5 Å². The number of hydrogen-bond donors (Lipinski definition) is 2. The summed E-state index contributed by atoms with van der Waals surface area (Å²) < 4.78 is 6.69. The molecule has 1 aromatic rings. The Hall–Kier alpha value is -1.89. The molecule has 2 N–H and O–H groups in total. The number of nitrogens with zero attached hydrogens (tertiary/aromatic N) is 2. The molecule has 0 bridgehead atoms. The molecule has 1 saturated carbocycles. The van der Waals surface area contributed by atoms with Gasteiger partial charge in [0.05, 0.1) is 12.6 Å². The summed E-state index contributed by atoms with van der Waals surface area (Å²) in [5, 5.41) is 15.3. The fourth-order valence-corrected chi connectivity index (χ4v) is 2.32. The summed E-state index contributed by atoms with van der Waals surface area (Å²) in [6, 6.07) is 2.11. The Bertz CT molecular complexity index is 466. The molecule has 1 aliphatic rings. The van der Waals surface area contributed by atoms with Crippen LogP contribution in [0.25, 0.3) is 0 Å². The maximum atomic E-state index is 11.8. The van der Waals surface area contributed by atoms with Gasteiger partial charge in [-0.3, -0.25) is 9.48 Å². The molecule has 0 aromatic carbocycles. The molecular formula is C13H19N3O4. The first-order valence-corrected chi connectivity index (χ1v) is 6.79. The molecule has 1 aromatic heterocycles. The average Bonchev–Trinajstić information content (AvgIpc) is 3.08. The molecule has 0 aliphatic heterocycles. The van der Waals surface area contributed by atoms with Gasteiger partial charge in [0.1, 0.15) is 12.3 Å². The second-order valence-electron chi connectivity index (χ2n) is 4.82. The minimum Gasteiger partial charge on any atom is -0.480 e. The molecule has 1 aliphatic carbocycles. The predicted molar refractivity (Wildman–Crippen MR) is 70.5 cm³/mol. The number of aliphatic carboxylic acids is 1. The summed E-state index contributed by atoms with van der Waals surface area (Å²) in [5.41, 5.74) is 0.384. The largest absolute Gasteiger partial charge is 0.480 e. The summed E-state index contributed by atoms with van der Waals surface area (Å²) in [6.45, 7) is 0.0793. The van der Waals surface area contributed by atoms with Crippen LogP contribution in [0.1, 0.15) is 42.2 Å². The second kappa shape index (κ2) is 7.04. The van der Waals surface area contributed by atoms with Crippen molar-refractivity contribution in [2.24, 2.45) is 0 Å². The van der Waals surface area contributed by atoms with Crippen LogP contribution in [0.4, 0.5) is 0 Å². The van der Waals surface area contributed by atoms with Crippen LogP contribution in [0.3, 0.4) is 0 Å². The Morgan fingerprint density at radius 2 is 2.20 bits per heavy atom. The Kier molecular flexibility index (Phi) is 5.11. The van der Waals surface area contributed by atoms with Gasteiger partial charge in [0, 0.05) is 12.7 Å². The van der Waals surface area contributed by atoms with Gasteiger partial charge in [-0.2, -0.15) is 5.10 Å². The highest BCUT2D eigenvalue weighted by Crippen LogP contribution is 2.28. The molecule has 0 unspecified atom stereocenters. The zero-order valence-corrected chi connectivity index (χ0v) is 11.2. The van der Waals surface area contributed by atoms with Crippen LogP contribution < -0.4 is 5.32 Å². The Morgan fingerprint density at radius 1 is 1.45 bits per heavy atom. The third-order valence-electron chi connectivity index (χ3n) is 3.30. The molecule has 110 valence electrons. The molecule has 1 heterocycles. The van der Waals surface area contributed by atoms with Crippen molar-refractivity contribution in [2.75, 3.05) is 19.8 Å². The van der Waals surface area contributed by atoms with Gasteiger partial charge in [-0.05, 0) is 18.9 Å². The lowest BCUT2D eigenvalue weighted by atomic mass is 10.3. The number of carbonyl (C=O) groups is 2. The van der Waals surface area contributed by atoms with E-state index in [1.165, 1.54) is 12.8 Å². The first-order valence-electron chi connectivity index (χ1n) is 6.79. The fourth-order valence-electron chi connectivity index (χ4n) is 2.32. The van der Waals surface area contributed by atoms with Crippen LogP contribution in [-0.2, 0) is 9.53 Å². The van der Waals surface area contributed by atoms with Gasteiger partial charge in [0.2, 0.25) is 0 Å². The monoisotopic (exact) mass is 281 g/mol. The van der Waals surface area contributed by atoms with E-state index in [1.807, 2.05) is 10.9 Å². The van der Waals surface area contributed by atoms with E-state index in [0.29, 0.717) is 11.7 Å². The molecule has 1 amide bonds. The molecule has 7 nitrogen and oxygen atoms in total. The third-order valence-corrected chi connectivity index (χ3v) is 3.30. The SMILES string of the molecule is O=C(O)COCCNC(=O)c1ccn(C2CCCC2)n1. The normalized spacial score (nSPS) is 15.4. The number of carbonyl (C=O) groups excluding carboxylic acids is 1. The highest BCUT2D eigenvalue weighted by atomic mass is 16.5. The van der Waals surface area contributed by atoms with E-state index in [4.69, 9.17) is 9.84 Å². The van der Waals surface area contributed by atoms with E-state index >= 15 is 0 Å². The van der Waals surface area contributed by atoms with Crippen molar-refractivity contribution >= 4 is 11.9 Å². The first-order chi connectivity index (χ1) is 9.66. The molecule has 2 rings (SSSR count). The van der Waals surface area contributed by atoms with Crippen molar-refractivity contribution in [1.82, 2.24) is 15.1 Å². The van der Waals surface area contributed by atoms with Crippen LogP contribution >= 0.6 is 0 Å². The van der Waals surface area contributed by atoms with E-state index in [-0.39, 0.29) is 25.7 Å². The number of carboxylic acid groups (broad SMARTS) is 1. The van der Waals surface area contributed by atoms with Crippen molar-refractivity contribution < 1.29 is 19.4 Å². The Labute approximate surface area is 116 Å². The summed E-state index contributed by atoms with van der Waals surface area (Å²) in [7, 11) is 0. The molecule has 0 radical (unpaired) electrons. The maximum Gasteiger partial charge on any atom is 0.329 e. The number of hydrogen-bond acceptors (Lipinski definition) is 4. The van der Waals surface area contributed by atoms with Crippen molar-refractivity contribution in [3.63, 3.8) is 0 Å². The van der Waals surface area contributed by atoms with E-state index in [9.17, 15) is 9.59 Å². The van der Waals surface area contributed by atoms with Gasteiger partial charge < -0.3 is 15.2 Å². The number of rotatable bonds is 7. The minimum atomic E-state index is -1.02. The summed E-state index contributed by atoms with van der Waals surface area (Å²) in [6.07, 6.45) is 6.50. The van der Waals surface area contributed by atoms with Crippen molar-refractivity contribution in [1.29, 1.82) is 0 Å². The van der Waals surface area contributed by atoms with Gasteiger partial charge >= 0.3 is 5.97 Å². The molecule has 0 spiro atoms. The molecule has 7 heteroatoms. The number of carboxylic acids is 1. The first kappa shape index (κ1) is 14.5. The van der Waals surface area contributed by atoms with Gasteiger partial charge in [-0.15, -0.1) is 0 Å². The van der Waals surface area contributed by atoms with E-state index in [0.717, 1.165) is 12.8 Å². The number of amides is 1. The maximum absolute atomic E-state index is 11.8. The van der Waals surface area contributed by atoms with Crippen LogP contribution in [0.15, 0.2) is 12.3 Å². The topological polar surface area (TPSA) is 93.5 Å². The summed E-state index contributed by atoms with van der Waals surface area (Å²) in [5.74, 6) is -1.28. The van der Waals surface area contributed by atoms with Crippen LogP contribution in [0, 0.1) is 0 Å². The lowest BCUT2D eigenvalue weighted by molar-refractivity contribution is -0.142. The summed E-state index contributed by atoms with van der Waals surface area (Å²) >= 11 is 0. The minimum absolute atomic E-state index is 0.168.